The van der Waals surface area contributed by atoms with Crippen LogP contribution in [-0.4, -0.2) is 11.2 Å². The van der Waals surface area contributed by atoms with E-state index in [1.54, 1.807) is 6.08 Å². The molecule has 44 valence electrons. The van der Waals surface area contributed by atoms with Crippen LogP contribution < -0.4 is 0 Å². The summed E-state index contributed by atoms with van der Waals surface area (Å²) in [6.45, 7) is 1.99. The van der Waals surface area contributed by atoms with Crippen molar-refractivity contribution in [1.82, 2.24) is 0 Å². The molecule has 2 atom stereocenters. The van der Waals surface area contributed by atoms with Crippen LogP contribution in [0.1, 0.15) is 6.92 Å². The molecule has 1 aliphatic carbocycles. The molecule has 0 aliphatic heterocycles. The fourth-order valence-corrected chi connectivity index (χ4v) is 0.707. The molecule has 0 aromatic carbocycles. The van der Waals surface area contributed by atoms with E-state index < -0.39 is 0 Å². The summed E-state index contributed by atoms with van der Waals surface area (Å²) in [5.74, 6) is 0.292. The van der Waals surface area contributed by atoms with Gasteiger partial charge in [-0.3, -0.25) is 0 Å². The minimum atomic E-state index is -0.264. The molecule has 0 fully saturated rings. The van der Waals surface area contributed by atoms with Crippen LogP contribution in [0.3, 0.4) is 0 Å². The largest absolute Gasteiger partial charge is 0.388 e. The molecule has 0 radical (unpaired) electrons. The van der Waals surface area contributed by atoms with E-state index >= 15 is 0 Å². The van der Waals surface area contributed by atoms with E-state index in [1.165, 1.54) is 0 Å². The van der Waals surface area contributed by atoms with Gasteiger partial charge in [-0.25, -0.2) is 0 Å². The van der Waals surface area contributed by atoms with Gasteiger partial charge in [-0.05, 0) is 0 Å². The molecule has 1 heteroatoms. The molecule has 1 rings (SSSR count). The number of hydrogen-bond donors (Lipinski definition) is 1. The fourth-order valence-electron chi connectivity index (χ4n) is 0.707. The Balaban J connectivity index is 2.59. The summed E-state index contributed by atoms with van der Waals surface area (Å²) in [6.07, 6.45) is 7.34. The maximum Gasteiger partial charge on any atom is 0.0783 e. The predicted molar refractivity (Wildman–Crippen MR) is 33.5 cm³/mol. The highest BCUT2D eigenvalue weighted by molar-refractivity contribution is 5.13. The first-order valence-corrected chi connectivity index (χ1v) is 2.84. The molecule has 0 unspecified atom stereocenters. The van der Waals surface area contributed by atoms with Gasteiger partial charge in [-0.2, -0.15) is 0 Å². The molecular formula is C7H10O. The Labute approximate surface area is 49.3 Å². The highest BCUT2D eigenvalue weighted by Crippen LogP contribution is 2.09. The summed E-state index contributed by atoms with van der Waals surface area (Å²) in [7, 11) is 0. The second-order valence-electron chi connectivity index (χ2n) is 2.12. The molecule has 0 heterocycles. The number of aliphatic hydroxyl groups excluding tert-OH is 1. The average molecular weight is 110 g/mol. The zero-order valence-corrected chi connectivity index (χ0v) is 4.91. The number of allylic oxidation sites excluding steroid dienone is 2. The second kappa shape index (κ2) is 2.14. The Morgan fingerprint density at radius 3 is 2.25 bits per heavy atom. The van der Waals surface area contributed by atoms with Crippen LogP contribution in [0.5, 0.6) is 0 Å². The predicted octanol–water partition coefficient (Wildman–Crippen LogP) is 1.11. The standard InChI is InChI=1S/C7H10O/c1-6-4-2-3-5-7(6)8/h2-8H,1H3/t6-,7+/m0/s1. The molecular weight excluding hydrogens is 100 g/mol. The van der Waals surface area contributed by atoms with Crippen LogP contribution in [0, 0.1) is 5.92 Å². The van der Waals surface area contributed by atoms with Gasteiger partial charge < -0.3 is 5.11 Å². The van der Waals surface area contributed by atoms with Crippen molar-refractivity contribution in [2.24, 2.45) is 5.92 Å². The lowest BCUT2D eigenvalue weighted by Crippen LogP contribution is -2.13. The van der Waals surface area contributed by atoms with E-state index in [-0.39, 0.29) is 6.10 Å². The number of aliphatic hydroxyl groups is 1. The summed E-state index contributed by atoms with van der Waals surface area (Å²) in [5.41, 5.74) is 0. The number of hydrogen-bond acceptors (Lipinski definition) is 1. The third kappa shape index (κ3) is 0.984. The molecule has 0 saturated heterocycles. The molecule has 1 aliphatic rings. The lowest BCUT2D eigenvalue weighted by molar-refractivity contribution is 0.184. The van der Waals surface area contributed by atoms with Crippen molar-refractivity contribution in [3.8, 4) is 0 Å². The monoisotopic (exact) mass is 110 g/mol. The highest BCUT2D eigenvalue weighted by atomic mass is 16.3. The molecule has 0 saturated carbocycles. The Kier molecular flexibility index (Phi) is 1.49. The van der Waals surface area contributed by atoms with Gasteiger partial charge in [0.1, 0.15) is 0 Å². The van der Waals surface area contributed by atoms with Gasteiger partial charge in [0.2, 0.25) is 0 Å². The molecule has 1 nitrogen and oxygen atoms in total. The van der Waals surface area contributed by atoms with Gasteiger partial charge in [0.05, 0.1) is 6.10 Å². The van der Waals surface area contributed by atoms with E-state index in [1.807, 2.05) is 25.2 Å². The van der Waals surface area contributed by atoms with E-state index in [4.69, 9.17) is 5.11 Å². The Morgan fingerprint density at radius 2 is 1.88 bits per heavy atom. The normalized spacial score (nSPS) is 35.8. The van der Waals surface area contributed by atoms with Crippen LogP contribution in [0.25, 0.3) is 0 Å². The van der Waals surface area contributed by atoms with Crippen molar-refractivity contribution >= 4 is 0 Å². The summed E-state index contributed by atoms with van der Waals surface area (Å²) >= 11 is 0. The van der Waals surface area contributed by atoms with Crippen LogP contribution in [0.2, 0.25) is 0 Å². The lowest BCUT2D eigenvalue weighted by atomic mass is 10.0. The molecule has 0 aromatic heterocycles. The SMILES string of the molecule is C[C@H]1C=CC=C[C@H]1O. The van der Waals surface area contributed by atoms with Gasteiger partial charge in [0, 0.05) is 5.92 Å². The van der Waals surface area contributed by atoms with Gasteiger partial charge in [0.25, 0.3) is 0 Å². The minimum Gasteiger partial charge on any atom is -0.388 e. The summed E-state index contributed by atoms with van der Waals surface area (Å²) in [4.78, 5) is 0. The number of rotatable bonds is 0. The third-order valence-electron chi connectivity index (χ3n) is 1.37. The zero-order chi connectivity index (χ0) is 5.98. The van der Waals surface area contributed by atoms with Crippen LogP contribution in [0.15, 0.2) is 24.3 Å². The smallest absolute Gasteiger partial charge is 0.0783 e. The van der Waals surface area contributed by atoms with Crippen molar-refractivity contribution in [1.29, 1.82) is 0 Å². The third-order valence-corrected chi connectivity index (χ3v) is 1.37. The maximum atomic E-state index is 9.04. The first-order chi connectivity index (χ1) is 3.80. The van der Waals surface area contributed by atoms with Gasteiger partial charge in [-0.15, -0.1) is 0 Å². The molecule has 0 aromatic rings. The van der Waals surface area contributed by atoms with Crippen LogP contribution in [0.4, 0.5) is 0 Å². The van der Waals surface area contributed by atoms with Gasteiger partial charge in [0.15, 0.2) is 0 Å². The molecule has 0 amide bonds. The van der Waals surface area contributed by atoms with Crippen molar-refractivity contribution < 1.29 is 5.11 Å². The second-order valence-corrected chi connectivity index (χ2v) is 2.12. The first kappa shape index (κ1) is 5.57. The molecule has 0 spiro atoms. The lowest BCUT2D eigenvalue weighted by Gasteiger charge is -2.12. The minimum absolute atomic E-state index is 0.264. The van der Waals surface area contributed by atoms with E-state index in [2.05, 4.69) is 0 Å². The van der Waals surface area contributed by atoms with Gasteiger partial charge in [-0.1, -0.05) is 31.2 Å². The van der Waals surface area contributed by atoms with Crippen LogP contribution in [-0.2, 0) is 0 Å². The quantitative estimate of drug-likeness (QED) is 0.495. The van der Waals surface area contributed by atoms with E-state index in [9.17, 15) is 0 Å². The highest BCUT2D eigenvalue weighted by Gasteiger charge is 2.07. The van der Waals surface area contributed by atoms with E-state index in [0.717, 1.165) is 0 Å². The van der Waals surface area contributed by atoms with Crippen molar-refractivity contribution in [3.63, 3.8) is 0 Å². The Bertz CT molecular complexity index is 108. The summed E-state index contributed by atoms with van der Waals surface area (Å²) < 4.78 is 0. The zero-order valence-electron chi connectivity index (χ0n) is 4.91. The van der Waals surface area contributed by atoms with Crippen molar-refractivity contribution in [2.75, 3.05) is 0 Å². The summed E-state index contributed by atoms with van der Waals surface area (Å²) in [6, 6.07) is 0. The van der Waals surface area contributed by atoms with Crippen molar-refractivity contribution in [3.05, 3.63) is 24.3 Å². The Hall–Kier alpha value is -0.560. The topological polar surface area (TPSA) is 20.2 Å². The maximum absolute atomic E-state index is 9.04. The van der Waals surface area contributed by atoms with Crippen molar-refractivity contribution in [2.45, 2.75) is 13.0 Å². The first-order valence-electron chi connectivity index (χ1n) is 2.84. The summed E-state index contributed by atoms with van der Waals surface area (Å²) in [5, 5.41) is 9.04. The van der Waals surface area contributed by atoms with Crippen LogP contribution >= 0.6 is 0 Å². The fraction of sp³-hybridized carbons (Fsp3) is 0.429. The average Bonchev–Trinajstić information content (AvgIpc) is 1.77. The van der Waals surface area contributed by atoms with E-state index in [0.29, 0.717) is 5.92 Å². The molecule has 0 bridgehead atoms. The molecule has 1 N–H and O–H groups in total. The molecule has 8 heavy (non-hydrogen) atoms. The Morgan fingerprint density at radius 1 is 1.25 bits per heavy atom. The van der Waals surface area contributed by atoms with Gasteiger partial charge >= 0.3 is 0 Å².